The topological polar surface area (TPSA) is 51.8 Å². The molecule has 0 fully saturated rings. The predicted octanol–water partition coefficient (Wildman–Crippen LogP) is 1.26. The second-order valence-electron chi connectivity index (χ2n) is 2.04. The molecule has 1 rings (SSSR count). The molecule has 0 aliphatic rings. The highest BCUT2D eigenvalue weighted by molar-refractivity contribution is 9.10. The van der Waals surface area contributed by atoms with Gasteiger partial charge in [0, 0.05) is 12.2 Å². The van der Waals surface area contributed by atoms with Crippen molar-refractivity contribution in [2.75, 3.05) is 0 Å². The van der Waals surface area contributed by atoms with Gasteiger partial charge in [0.15, 0.2) is 0 Å². The van der Waals surface area contributed by atoms with Crippen molar-refractivity contribution in [3.8, 4) is 0 Å². The Bertz CT molecular complexity index is 224. The zero-order valence-electron chi connectivity index (χ0n) is 5.58. The van der Waals surface area contributed by atoms with E-state index in [2.05, 4.69) is 25.9 Å². The van der Waals surface area contributed by atoms with Crippen LogP contribution in [0.1, 0.15) is 18.7 Å². The zero-order valence-corrected chi connectivity index (χ0v) is 7.17. The lowest BCUT2D eigenvalue weighted by Gasteiger charge is -2.04. The molecule has 3 nitrogen and oxygen atoms in total. The normalized spacial score (nSPS) is 13.1. The van der Waals surface area contributed by atoms with E-state index >= 15 is 0 Å². The van der Waals surface area contributed by atoms with Crippen molar-refractivity contribution in [2.24, 2.45) is 5.73 Å². The Morgan fingerprint density at radius 1 is 1.70 bits per heavy atom. The Balaban J connectivity index is 3.03. The molecule has 2 N–H and O–H groups in total. The quantitative estimate of drug-likeness (QED) is 0.745. The maximum absolute atomic E-state index is 5.59. The number of aromatic nitrogens is 2. The molecule has 0 unspecified atom stereocenters. The first-order chi connectivity index (χ1) is 4.72. The second-order valence-corrected chi connectivity index (χ2v) is 2.90. The highest BCUT2D eigenvalue weighted by atomic mass is 79.9. The van der Waals surface area contributed by atoms with Gasteiger partial charge in [-0.2, -0.15) is 0 Å². The number of halogens is 1. The average Bonchev–Trinajstić information content (AvgIpc) is 1.88. The van der Waals surface area contributed by atoms with E-state index in [-0.39, 0.29) is 6.04 Å². The molecular weight excluding hydrogens is 194 g/mol. The summed E-state index contributed by atoms with van der Waals surface area (Å²) < 4.78 is 0.866. The molecule has 0 aromatic carbocycles. The van der Waals surface area contributed by atoms with Crippen molar-refractivity contribution in [3.05, 3.63) is 22.7 Å². The molecular formula is C6H8BrN3. The van der Waals surface area contributed by atoms with Gasteiger partial charge in [-0.15, -0.1) is 0 Å². The van der Waals surface area contributed by atoms with Crippen LogP contribution in [-0.4, -0.2) is 9.97 Å². The van der Waals surface area contributed by atoms with Gasteiger partial charge < -0.3 is 5.73 Å². The minimum atomic E-state index is -0.0441. The van der Waals surface area contributed by atoms with Crippen LogP contribution in [0.15, 0.2) is 17.0 Å². The molecule has 1 heterocycles. The standard InChI is InChI=1S/C6H8BrN3/c1-4(8)6-5(7)2-9-3-10-6/h2-4H,8H2,1H3/t4-/m1/s1. The monoisotopic (exact) mass is 201 g/mol. The van der Waals surface area contributed by atoms with Crippen LogP contribution in [0, 0.1) is 0 Å². The minimum Gasteiger partial charge on any atom is -0.323 e. The average molecular weight is 202 g/mol. The fourth-order valence-corrected chi connectivity index (χ4v) is 1.24. The third-order valence-electron chi connectivity index (χ3n) is 1.13. The summed E-state index contributed by atoms with van der Waals surface area (Å²) in [6, 6.07) is -0.0441. The summed E-state index contributed by atoms with van der Waals surface area (Å²) in [6.45, 7) is 1.88. The first-order valence-corrected chi connectivity index (χ1v) is 3.72. The first-order valence-electron chi connectivity index (χ1n) is 2.93. The van der Waals surface area contributed by atoms with Crippen LogP contribution in [0.3, 0.4) is 0 Å². The molecule has 1 aromatic rings. The van der Waals surface area contributed by atoms with Crippen LogP contribution in [0.4, 0.5) is 0 Å². The third-order valence-corrected chi connectivity index (χ3v) is 1.74. The van der Waals surface area contributed by atoms with Gasteiger partial charge >= 0.3 is 0 Å². The van der Waals surface area contributed by atoms with Crippen LogP contribution < -0.4 is 5.73 Å². The van der Waals surface area contributed by atoms with Crippen LogP contribution in [0.5, 0.6) is 0 Å². The Labute approximate surface area is 67.8 Å². The van der Waals surface area contributed by atoms with Crippen molar-refractivity contribution in [3.63, 3.8) is 0 Å². The van der Waals surface area contributed by atoms with Crippen molar-refractivity contribution >= 4 is 15.9 Å². The lowest BCUT2D eigenvalue weighted by molar-refractivity contribution is 0.768. The van der Waals surface area contributed by atoms with Crippen molar-refractivity contribution in [1.82, 2.24) is 9.97 Å². The van der Waals surface area contributed by atoms with E-state index in [1.165, 1.54) is 6.33 Å². The molecule has 0 bridgehead atoms. The van der Waals surface area contributed by atoms with Gasteiger partial charge in [0.1, 0.15) is 6.33 Å². The summed E-state index contributed by atoms with van der Waals surface area (Å²) in [5, 5.41) is 0. The summed E-state index contributed by atoms with van der Waals surface area (Å²) in [7, 11) is 0. The highest BCUT2D eigenvalue weighted by Crippen LogP contribution is 2.16. The van der Waals surface area contributed by atoms with Crippen LogP contribution in [-0.2, 0) is 0 Å². The van der Waals surface area contributed by atoms with Crippen molar-refractivity contribution < 1.29 is 0 Å². The van der Waals surface area contributed by atoms with E-state index in [9.17, 15) is 0 Å². The zero-order chi connectivity index (χ0) is 7.56. The van der Waals surface area contributed by atoms with Crippen LogP contribution in [0.25, 0.3) is 0 Å². The summed E-state index contributed by atoms with van der Waals surface area (Å²) in [6.07, 6.45) is 3.18. The molecule has 0 aliphatic heterocycles. The van der Waals surface area contributed by atoms with Gasteiger partial charge in [-0.3, -0.25) is 0 Å². The summed E-state index contributed by atoms with van der Waals surface area (Å²) >= 11 is 3.29. The number of hydrogen-bond acceptors (Lipinski definition) is 3. The molecule has 0 spiro atoms. The van der Waals surface area contributed by atoms with Gasteiger partial charge in [0.25, 0.3) is 0 Å². The Kier molecular flexibility index (Phi) is 2.34. The van der Waals surface area contributed by atoms with E-state index < -0.39 is 0 Å². The molecule has 4 heteroatoms. The number of rotatable bonds is 1. The van der Waals surface area contributed by atoms with Gasteiger partial charge in [-0.05, 0) is 22.9 Å². The highest BCUT2D eigenvalue weighted by Gasteiger charge is 2.04. The van der Waals surface area contributed by atoms with E-state index in [0.717, 1.165) is 10.2 Å². The molecule has 0 saturated carbocycles. The predicted molar refractivity (Wildman–Crippen MR) is 42.3 cm³/mol. The molecule has 10 heavy (non-hydrogen) atoms. The Morgan fingerprint density at radius 3 is 2.80 bits per heavy atom. The van der Waals surface area contributed by atoms with Crippen LogP contribution in [0.2, 0.25) is 0 Å². The lowest BCUT2D eigenvalue weighted by Crippen LogP contribution is -2.08. The van der Waals surface area contributed by atoms with Crippen molar-refractivity contribution in [1.29, 1.82) is 0 Å². The minimum absolute atomic E-state index is 0.0441. The fraction of sp³-hybridized carbons (Fsp3) is 0.333. The van der Waals surface area contributed by atoms with Crippen molar-refractivity contribution in [2.45, 2.75) is 13.0 Å². The van der Waals surface area contributed by atoms with E-state index in [0.29, 0.717) is 0 Å². The molecule has 0 amide bonds. The van der Waals surface area contributed by atoms with E-state index in [4.69, 9.17) is 5.73 Å². The molecule has 54 valence electrons. The smallest absolute Gasteiger partial charge is 0.115 e. The Hall–Kier alpha value is -0.480. The summed E-state index contributed by atoms with van der Waals surface area (Å²) in [5.74, 6) is 0. The second kappa shape index (κ2) is 3.07. The number of hydrogen-bond donors (Lipinski definition) is 1. The van der Waals surface area contributed by atoms with Gasteiger partial charge in [-0.25, -0.2) is 9.97 Å². The summed E-state index contributed by atoms with van der Waals surface area (Å²) in [5.41, 5.74) is 6.44. The van der Waals surface area contributed by atoms with E-state index in [1.54, 1.807) is 6.20 Å². The fourth-order valence-electron chi connectivity index (χ4n) is 0.657. The van der Waals surface area contributed by atoms with E-state index in [1.807, 2.05) is 6.92 Å². The van der Waals surface area contributed by atoms with Gasteiger partial charge in [0.05, 0.1) is 10.2 Å². The molecule has 0 saturated heterocycles. The molecule has 1 atom stereocenters. The molecule has 1 aromatic heterocycles. The Morgan fingerprint density at radius 2 is 2.40 bits per heavy atom. The third kappa shape index (κ3) is 1.52. The SMILES string of the molecule is C[C@@H](N)c1ncncc1Br. The molecule has 0 aliphatic carbocycles. The van der Waals surface area contributed by atoms with Gasteiger partial charge in [-0.1, -0.05) is 0 Å². The maximum atomic E-state index is 5.59. The lowest BCUT2D eigenvalue weighted by atomic mass is 10.2. The first kappa shape index (κ1) is 7.63. The van der Waals surface area contributed by atoms with Crippen LogP contribution >= 0.6 is 15.9 Å². The summed E-state index contributed by atoms with van der Waals surface area (Å²) in [4.78, 5) is 7.81. The maximum Gasteiger partial charge on any atom is 0.115 e. The largest absolute Gasteiger partial charge is 0.323 e. The number of nitrogens with two attached hydrogens (primary N) is 1. The number of nitrogens with zero attached hydrogens (tertiary/aromatic N) is 2. The molecule has 0 radical (unpaired) electrons. The van der Waals surface area contributed by atoms with Gasteiger partial charge in [0.2, 0.25) is 0 Å².